The van der Waals surface area contributed by atoms with Gasteiger partial charge in [0.2, 0.25) is 5.91 Å². The summed E-state index contributed by atoms with van der Waals surface area (Å²) in [5.74, 6) is -1.54. The van der Waals surface area contributed by atoms with Gasteiger partial charge in [0.1, 0.15) is 6.04 Å². The van der Waals surface area contributed by atoms with Crippen LogP contribution in [-0.2, 0) is 9.59 Å². The van der Waals surface area contributed by atoms with Crippen LogP contribution in [0, 0.1) is 5.92 Å². The molecule has 1 saturated heterocycles. The molecule has 2 atom stereocenters. The molecular formula is C12H21N3O5. The van der Waals surface area contributed by atoms with Gasteiger partial charge < -0.3 is 26.2 Å². The molecule has 1 unspecified atom stereocenters. The largest absolute Gasteiger partial charge is 0.480 e. The van der Waals surface area contributed by atoms with Crippen LogP contribution in [0.15, 0.2) is 0 Å². The van der Waals surface area contributed by atoms with Crippen molar-refractivity contribution in [2.24, 2.45) is 11.7 Å². The summed E-state index contributed by atoms with van der Waals surface area (Å²) in [5.41, 5.74) is 4.97. The molecule has 1 fully saturated rings. The third-order valence-electron chi connectivity index (χ3n) is 3.39. The summed E-state index contributed by atoms with van der Waals surface area (Å²) in [5, 5.41) is 20.2. The molecule has 1 aliphatic heterocycles. The molecule has 0 saturated carbocycles. The Morgan fingerprint density at radius 1 is 1.40 bits per heavy atom. The number of carboxylic acids is 1. The molecule has 0 aromatic heterocycles. The molecule has 20 heavy (non-hydrogen) atoms. The standard InChI is InChI=1S/C12H21N3O5/c13-10(17)2-1-9(11(18)19)14-12(20)15-5-3-8(7-15)4-6-16/h8-9,16H,1-7H2,(H2,13,17)(H,14,20)(H,18,19)/t8?,9-/m1/s1. The Balaban J connectivity index is 2.46. The Labute approximate surface area is 116 Å². The van der Waals surface area contributed by atoms with Gasteiger partial charge in [0, 0.05) is 26.1 Å². The lowest BCUT2D eigenvalue weighted by Crippen LogP contribution is -2.47. The van der Waals surface area contributed by atoms with Gasteiger partial charge in [-0.15, -0.1) is 0 Å². The molecule has 8 nitrogen and oxygen atoms in total. The third kappa shape index (κ3) is 5.04. The molecule has 1 aliphatic rings. The number of carbonyl (C=O) groups is 3. The number of hydrogen-bond acceptors (Lipinski definition) is 4. The Morgan fingerprint density at radius 2 is 2.10 bits per heavy atom. The number of rotatable bonds is 7. The van der Waals surface area contributed by atoms with E-state index in [1.807, 2.05) is 0 Å². The fourth-order valence-electron chi connectivity index (χ4n) is 2.22. The summed E-state index contributed by atoms with van der Waals surface area (Å²) in [4.78, 5) is 35.1. The summed E-state index contributed by atoms with van der Waals surface area (Å²) >= 11 is 0. The van der Waals surface area contributed by atoms with Crippen molar-refractivity contribution < 1.29 is 24.6 Å². The highest BCUT2D eigenvalue weighted by Gasteiger charge is 2.28. The van der Waals surface area contributed by atoms with Crippen LogP contribution >= 0.6 is 0 Å². The second kappa shape index (κ2) is 7.68. The van der Waals surface area contributed by atoms with Crippen LogP contribution < -0.4 is 11.1 Å². The number of nitrogens with zero attached hydrogens (tertiary/aromatic N) is 1. The highest BCUT2D eigenvalue weighted by atomic mass is 16.4. The summed E-state index contributed by atoms with van der Waals surface area (Å²) < 4.78 is 0. The topological polar surface area (TPSA) is 133 Å². The van der Waals surface area contributed by atoms with Crippen molar-refractivity contribution in [1.29, 1.82) is 0 Å². The molecule has 0 bridgehead atoms. The number of hydrogen-bond donors (Lipinski definition) is 4. The molecule has 5 N–H and O–H groups in total. The molecule has 1 heterocycles. The number of aliphatic carboxylic acids is 1. The number of likely N-dealkylation sites (tertiary alicyclic amines) is 1. The molecule has 0 aliphatic carbocycles. The van der Waals surface area contributed by atoms with Crippen LogP contribution in [0.25, 0.3) is 0 Å². The summed E-state index contributed by atoms with van der Waals surface area (Å²) in [6.45, 7) is 1.13. The van der Waals surface area contributed by atoms with Crippen molar-refractivity contribution >= 4 is 17.9 Å². The van der Waals surface area contributed by atoms with Crippen LogP contribution in [0.2, 0.25) is 0 Å². The molecule has 0 spiro atoms. The molecule has 0 aromatic rings. The molecule has 3 amide bonds. The van der Waals surface area contributed by atoms with Crippen LogP contribution in [0.3, 0.4) is 0 Å². The predicted molar refractivity (Wildman–Crippen MR) is 69.8 cm³/mol. The van der Waals surface area contributed by atoms with Gasteiger partial charge in [0.25, 0.3) is 0 Å². The third-order valence-corrected chi connectivity index (χ3v) is 3.39. The first-order valence-electron chi connectivity index (χ1n) is 6.61. The van der Waals surface area contributed by atoms with E-state index in [1.54, 1.807) is 0 Å². The van der Waals surface area contributed by atoms with E-state index in [4.69, 9.17) is 15.9 Å². The molecule has 0 aromatic carbocycles. The zero-order valence-corrected chi connectivity index (χ0v) is 11.2. The van der Waals surface area contributed by atoms with E-state index < -0.39 is 23.9 Å². The van der Waals surface area contributed by atoms with Crippen LogP contribution in [-0.4, -0.2) is 58.8 Å². The molecule has 0 radical (unpaired) electrons. The number of nitrogens with two attached hydrogens (primary N) is 1. The van der Waals surface area contributed by atoms with E-state index in [0.29, 0.717) is 19.5 Å². The van der Waals surface area contributed by atoms with Crippen molar-refractivity contribution in [2.45, 2.75) is 31.7 Å². The highest BCUT2D eigenvalue weighted by molar-refractivity contribution is 5.83. The number of aliphatic hydroxyl groups excluding tert-OH is 1. The van der Waals surface area contributed by atoms with E-state index in [9.17, 15) is 14.4 Å². The van der Waals surface area contributed by atoms with Gasteiger partial charge in [-0.3, -0.25) is 4.79 Å². The van der Waals surface area contributed by atoms with Crippen LogP contribution in [0.5, 0.6) is 0 Å². The minimum absolute atomic E-state index is 0.0235. The average molecular weight is 287 g/mol. The minimum atomic E-state index is -1.19. The monoisotopic (exact) mass is 287 g/mol. The van der Waals surface area contributed by atoms with E-state index in [-0.39, 0.29) is 25.4 Å². The van der Waals surface area contributed by atoms with Gasteiger partial charge in [0.05, 0.1) is 0 Å². The Bertz CT molecular complexity index is 374. The second-order valence-electron chi connectivity index (χ2n) is 4.96. The van der Waals surface area contributed by atoms with Crippen molar-refractivity contribution in [2.75, 3.05) is 19.7 Å². The lowest BCUT2D eigenvalue weighted by atomic mass is 10.1. The number of carbonyl (C=O) groups excluding carboxylic acids is 2. The average Bonchev–Trinajstić information content (AvgIpc) is 2.82. The second-order valence-corrected chi connectivity index (χ2v) is 4.96. The Kier molecular flexibility index (Phi) is 6.23. The zero-order valence-electron chi connectivity index (χ0n) is 11.2. The molecular weight excluding hydrogens is 266 g/mol. The Morgan fingerprint density at radius 3 is 2.65 bits per heavy atom. The Hall–Kier alpha value is -1.83. The number of primary amides is 1. The lowest BCUT2D eigenvalue weighted by Gasteiger charge is -2.20. The van der Waals surface area contributed by atoms with Gasteiger partial charge in [0.15, 0.2) is 0 Å². The van der Waals surface area contributed by atoms with Crippen molar-refractivity contribution in [3.05, 3.63) is 0 Å². The maximum Gasteiger partial charge on any atom is 0.326 e. The van der Waals surface area contributed by atoms with Gasteiger partial charge in [-0.05, 0) is 25.2 Å². The van der Waals surface area contributed by atoms with Crippen LogP contribution in [0.1, 0.15) is 25.7 Å². The molecule has 1 rings (SSSR count). The lowest BCUT2D eigenvalue weighted by molar-refractivity contribution is -0.139. The fraction of sp³-hybridized carbons (Fsp3) is 0.750. The SMILES string of the molecule is NC(=O)CC[C@@H](NC(=O)N1CCC(CCO)C1)C(=O)O. The van der Waals surface area contributed by atoms with E-state index >= 15 is 0 Å². The first-order chi connectivity index (χ1) is 9.43. The van der Waals surface area contributed by atoms with Gasteiger partial charge in [-0.25, -0.2) is 9.59 Å². The van der Waals surface area contributed by atoms with E-state index in [0.717, 1.165) is 6.42 Å². The number of aliphatic hydroxyl groups is 1. The first kappa shape index (κ1) is 16.2. The van der Waals surface area contributed by atoms with E-state index in [2.05, 4.69) is 5.32 Å². The zero-order chi connectivity index (χ0) is 15.1. The predicted octanol–water partition coefficient (Wildman–Crippen LogP) is -0.881. The normalized spacial score (nSPS) is 19.6. The van der Waals surface area contributed by atoms with Gasteiger partial charge >= 0.3 is 12.0 Å². The van der Waals surface area contributed by atoms with Crippen molar-refractivity contribution in [3.63, 3.8) is 0 Å². The number of carboxylic acid groups (broad SMARTS) is 1. The smallest absolute Gasteiger partial charge is 0.326 e. The maximum atomic E-state index is 11.9. The summed E-state index contributed by atoms with van der Waals surface area (Å²) in [6, 6.07) is -1.57. The number of urea groups is 1. The highest BCUT2D eigenvalue weighted by Crippen LogP contribution is 2.19. The maximum absolute atomic E-state index is 11.9. The number of amides is 3. The quantitative estimate of drug-likeness (QED) is 0.482. The van der Waals surface area contributed by atoms with Crippen molar-refractivity contribution in [3.8, 4) is 0 Å². The summed E-state index contributed by atoms with van der Waals surface area (Å²) in [7, 11) is 0. The number of nitrogens with one attached hydrogen (secondary N) is 1. The minimum Gasteiger partial charge on any atom is -0.480 e. The van der Waals surface area contributed by atoms with Gasteiger partial charge in [-0.2, -0.15) is 0 Å². The van der Waals surface area contributed by atoms with E-state index in [1.165, 1.54) is 4.90 Å². The van der Waals surface area contributed by atoms with Crippen molar-refractivity contribution in [1.82, 2.24) is 10.2 Å². The summed E-state index contributed by atoms with van der Waals surface area (Å²) in [6.07, 6.45) is 1.31. The first-order valence-corrected chi connectivity index (χ1v) is 6.61. The molecule has 114 valence electrons. The molecule has 8 heteroatoms. The van der Waals surface area contributed by atoms with Gasteiger partial charge in [-0.1, -0.05) is 0 Å². The van der Waals surface area contributed by atoms with Crippen LogP contribution in [0.4, 0.5) is 4.79 Å². The fourth-order valence-corrected chi connectivity index (χ4v) is 2.22.